The highest BCUT2D eigenvalue weighted by Gasteiger charge is 2.13. The number of methoxy groups -OCH3 is 2. The average Bonchev–Trinajstić information content (AvgIpc) is 2.26. The van der Waals surface area contributed by atoms with Crippen molar-refractivity contribution in [2.75, 3.05) is 14.2 Å². The maximum atomic E-state index is 11.2. The molecule has 80 valence electrons. The Hall–Kier alpha value is -1.84. The second-order valence-electron chi connectivity index (χ2n) is 2.97. The fourth-order valence-corrected chi connectivity index (χ4v) is 1.30. The van der Waals surface area contributed by atoms with Gasteiger partial charge in [0.05, 0.1) is 14.2 Å². The molecule has 0 unspecified atom stereocenters. The summed E-state index contributed by atoms with van der Waals surface area (Å²) in [6, 6.07) is 2.99. The van der Waals surface area contributed by atoms with Crippen molar-refractivity contribution in [1.82, 2.24) is 0 Å². The Balaban J connectivity index is 3.40. The van der Waals surface area contributed by atoms with Crippen LogP contribution in [-0.2, 0) is 0 Å². The number of carbonyl (C=O) groups is 2. The molecule has 0 saturated carbocycles. The first-order valence-electron chi connectivity index (χ1n) is 4.36. The van der Waals surface area contributed by atoms with Gasteiger partial charge in [0.2, 0.25) is 0 Å². The Morgan fingerprint density at radius 2 is 1.73 bits per heavy atom. The SMILES string of the molecule is COc1cc(C=O)c(C(C)=O)cc1OC. The molecule has 4 heteroatoms. The molecule has 0 atom stereocenters. The van der Waals surface area contributed by atoms with Gasteiger partial charge in [0.25, 0.3) is 0 Å². The predicted octanol–water partition coefficient (Wildman–Crippen LogP) is 1.72. The van der Waals surface area contributed by atoms with Gasteiger partial charge >= 0.3 is 0 Å². The molecule has 0 spiro atoms. The fraction of sp³-hybridized carbons (Fsp3) is 0.273. The highest BCUT2D eigenvalue weighted by Crippen LogP contribution is 2.30. The van der Waals surface area contributed by atoms with Gasteiger partial charge in [0.1, 0.15) is 0 Å². The van der Waals surface area contributed by atoms with Crippen LogP contribution in [-0.4, -0.2) is 26.3 Å². The second kappa shape index (κ2) is 4.59. The zero-order chi connectivity index (χ0) is 11.4. The summed E-state index contributed by atoms with van der Waals surface area (Å²) in [5.74, 6) is 0.691. The number of ketones is 1. The van der Waals surface area contributed by atoms with E-state index in [2.05, 4.69) is 0 Å². The van der Waals surface area contributed by atoms with E-state index in [0.29, 0.717) is 28.9 Å². The van der Waals surface area contributed by atoms with Gasteiger partial charge < -0.3 is 9.47 Å². The number of benzene rings is 1. The van der Waals surface area contributed by atoms with Crippen LogP contribution in [0.5, 0.6) is 11.5 Å². The van der Waals surface area contributed by atoms with Gasteiger partial charge in [-0.25, -0.2) is 0 Å². The average molecular weight is 208 g/mol. The normalized spacial score (nSPS) is 9.53. The number of Topliss-reactive ketones (excluding diaryl/α,β-unsaturated/α-hetero) is 1. The van der Waals surface area contributed by atoms with Crippen molar-refractivity contribution in [2.45, 2.75) is 6.92 Å². The molecule has 0 heterocycles. The standard InChI is InChI=1S/C11H12O4/c1-7(13)9-5-11(15-3)10(14-2)4-8(9)6-12/h4-6H,1-3H3. The van der Waals surface area contributed by atoms with Gasteiger partial charge in [0.15, 0.2) is 23.6 Å². The lowest BCUT2D eigenvalue weighted by Gasteiger charge is -2.10. The molecular formula is C11H12O4. The van der Waals surface area contributed by atoms with E-state index < -0.39 is 0 Å². The lowest BCUT2D eigenvalue weighted by atomic mass is 10.0. The molecule has 0 amide bonds. The first-order chi connectivity index (χ1) is 7.13. The van der Waals surface area contributed by atoms with Gasteiger partial charge in [0, 0.05) is 11.1 Å². The van der Waals surface area contributed by atoms with E-state index in [0.717, 1.165) is 0 Å². The molecule has 15 heavy (non-hydrogen) atoms. The smallest absolute Gasteiger partial charge is 0.161 e. The van der Waals surface area contributed by atoms with Crippen LogP contribution in [0.15, 0.2) is 12.1 Å². The zero-order valence-electron chi connectivity index (χ0n) is 8.87. The number of carbonyl (C=O) groups excluding carboxylic acids is 2. The van der Waals surface area contributed by atoms with Crippen LogP contribution in [0.4, 0.5) is 0 Å². The monoisotopic (exact) mass is 208 g/mol. The third kappa shape index (κ3) is 2.15. The molecular weight excluding hydrogens is 196 g/mol. The molecule has 4 nitrogen and oxygen atoms in total. The van der Waals surface area contributed by atoms with Crippen LogP contribution in [0.3, 0.4) is 0 Å². The molecule has 0 N–H and O–H groups in total. The van der Waals surface area contributed by atoms with Gasteiger partial charge in [-0.3, -0.25) is 9.59 Å². The Kier molecular flexibility index (Phi) is 3.44. The minimum atomic E-state index is -0.182. The number of rotatable bonds is 4. The van der Waals surface area contributed by atoms with Gasteiger partial charge in [-0.15, -0.1) is 0 Å². The van der Waals surface area contributed by atoms with Crippen molar-refractivity contribution in [3.63, 3.8) is 0 Å². The zero-order valence-corrected chi connectivity index (χ0v) is 8.87. The largest absolute Gasteiger partial charge is 0.493 e. The van der Waals surface area contributed by atoms with Crippen LogP contribution >= 0.6 is 0 Å². The molecule has 0 aliphatic rings. The summed E-state index contributed by atoms with van der Waals surface area (Å²) in [6.45, 7) is 1.40. The van der Waals surface area contributed by atoms with Crippen LogP contribution in [0.25, 0.3) is 0 Å². The molecule has 0 bridgehead atoms. The summed E-state index contributed by atoms with van der Waals surface area (Å²) in [4.78, 5) is 22.0. The Labute approximate surface area is 87.8 Å². The second-order valence-corrected chi connectivity index (χ2v) is 2.97. The third-order valence-electron chi connectivity index (χ3n) is 2.06. The van der Waals surface area contributed by atoms with Crippen molar-refractivity contribution in [1.29, 1.82) is 0 Å². The van der Waals surface area contributed by atoms with E-state index in [1.165, 1.54) is 33.3 Å². The van der Waals surface area contributed by atoms with Crippen LogP contribution < -0.4 is 9.47 Å². The van der Waals surface area contributed by atoms with Crippen LogP contribution in [0.1, 0.15) is 27.6 Å². The topological polar surface area (TPSA) is 52.6 Å². The van der Waals surface area contributed by atoms with E-state index in [9.17, 15) is 9.59 Å². The van der Waals surface area contributed by atoms with E-state index in [1.807, 2.05) is 0 Å². The first-order valence-corrected chi connectivity index (χ1v) is 4.36. The van der Waals surface area contributed by atoms with Crippen LogP contribution in [0, 0.1) is 0 Å². The molecule has 1 aromatic rings. The first kappa shape index (κ1) is 11.2. The maximum Gasteiger partial charge on any atom is 0.161 e. The molecule has 1 rings (SSSR count). The summed E-state index contributed by atoms with van der Waals surface area (Å²) >= 11 is 0. The quantitative estimate of drug-likeness (QED) is 0.558. The summed E-state index contributed by atoms with van der Waals surface area (Å²) in [5.41, 5.74) is 0.641. The van der Waals surface area contributed by atoms with Crippen molar-refractivity contribution >= 4 is 12.1 Å². The highest BCUT2D eigenvalue weighted by atomic mass is 16.5. The van der Waals surface area contributed by atoms with E-state index >= 15 is 0 Å². The summed E-state index contributed by atoms with van der Waals surface area (Å²) in [5, 5.41) is 0. The number of ether oxygens (including phenoxy) is 2. The van der Waals surface area contributed by atoms with E-state index in [1.54, 1.807) is 0 Å². The van der Waals surface area contributed by atoms with Crippen LogP contribution in [0.2, 0.25) is 0 Å². The molecule has 0 fully saturated rings. The number of hydrogen-bond donors (Lipinski definition) is 0. The fourth-order valence-electron chi connectivity index (χ4n) is 1.30. The summed E-state index contributed by atoms with van der Waals surface area (Å²) in [7, 11) is 2.95. The summed E-state index contributed by atoms with van der Waals surface area (Å²) < 4.78 is 10.1. The molecule has 0 aliphatic carbocycles. The van der Waals surface area contributed by atoms with Crippen molar-refractivity contribution < 1.29 is 19.1 Å². The van der Waals surface area contributed by atoms with Gasteiger partial charge in [-0.1, -0.05) is 0 Å². The minimum Gasteiger partial charge on any atom is -0.493 e. The number of aldehydes is 1. The molecule has 0 aliphatic heterocycles. The number of hydrogen-bond acceptors (Lipinski definition) is 4. The maximum absolute atomic E-state index is 11.2. The summed E-state index contributed by atoms with van der Waals surface area (Å²) in [6.07, 6.45) is 0.624. The van der Waals surface area contributed by atoms with Gasteiger partial charge in [-0.2, -0.15) is 0 Å². The van der Waals surface area contributed by atoms with Crippen molar-refractivity contribution in [3.05, 3.63) is 23.3 Å². The van der Waals surface area contributed by atoms with Gasteiger partial charge in [-0.05, 0) is 19.1 Å². The van der Waals surface area contributed by atoms with Crippen molar-refractivity contribution in [3.8, 4) is 11.5 Å². The highest BCUT2D eigenvalue weighted by molar-refractivity contribution is 6.02. The molecule has 0 saturated heterocycles. The Bertz CT molecular complexity index is 396. The minimum absolute atomic E-state index is 0.182. The predicted molar refractivity (Wildman–Crippen MR) is 54.9 cm³/mol. The third-order valence-corrected chi connectivity index (χ3v) is 2.06. The van der Waals surface area contributed by atoms with E-state index in [-0.39, 0.29) is 5.78 Å². The van der Waals surface area contributed by atoms with Crippen molar-refractivity contribution in [2.24, 2.45) is 0 Å². The lowest BCUT2D eigenvalue weighted by Crippen LogP contribution is -2.01. The molecule has 1 aromatic carbocycles. The Morgan fingerprint density at radius 3 is 2.13 bits per heavy atom. The lowest BCUT2D eigenvalue weighted by molar-refractivity contribution is 0.100. The molecule has 0 aromatic heterocycles. The Morgan fingerprint density at radius 1 is 1.20 bits per heavy atom. The van der Waals surface area contributed by atoms with E-state index in [4.69, 9.17) is 9.47 Å². The molecule has 0 radical (unpaired) electrons.